The van der Waals surface area contributed by atoms with Crippen LogP contribution >= 0.6 is 0 Å². The summed E-state index contributed by atoms with van der Waals surface area (Å²) in [4.78, 5) is 15.1. The van der Waals surface area contributed by atoms with Gasteiger partial charge in [-0.1, -0.05) is 54.6 Å². The molecule has 6 heteroatoms. The van der Waals surface area contributed by atoms with Crippen LogP contribution in [-0.4, -0.2) is 23.8 Å². The maximum Gasteiger partial charge on any atom is 0.146 e. The minimum Gasteiger partial charge on any atom is -0.457 e. The molecule has 0 aliphatic carbocycles. The highest BCUT2D eigenvalue weighted by atomic mass is 16.5. The standard InChI is InChI=1S/C45H29N5O/c1-26-10-7-11-27(2)41(26)32-12-8-17-39-42(32)30-21-19-28(24-33(30)44-47-35-13-3-5-15-37(35)49(39)44)51-29-20-22-31-34(25-29)45-48-36-14-4-6-16-38(36)50(45)40-18-9-23-46-43(31)40/h3-25H,1-2H3. The Balaban J connectivity index is 1.16. The van der Waals surface area contributed by atoms with E-state index in [2.05, 4.69) is 132 Å². The first-order valence-corrected chi connectivity index (χ1v) is 17.2. The smallest absolute Gasteiger partial charge is 0.146 e. The molecule has 0 saturated heterocycles. The summed E-state index contributed by atoms with van der Waals surface area (Å²) in [6.07, 6.45) is 1.85. The van der Waals surface area contributed by atoms with Gasteiger partial charge in [-0.05, 0) is 120 Å². The average molecular weight is 656 g/mol. The van der Waals surface area contributed by atoms with E-state index in [1.165, 1.54) is 27.6 Å². The molecule has 0 unspecified atom stereocenters. The van der Waals surface area contributed by atoms with E-state index in [-0.39, 0.29) is 0 Å². The van der Waals surface area contributed by atoms with Gasteiger partial charge in [0.05, 0.1) is 38.6 Å². The van der Waals surface area contributed by atoms with Crippen molar-refractivity contribution >= 4 is 76.8 Å². The lowest BCUT2D eigenvalue weighted by Crippen LogP contribution is -1.96. The second-order valence-corrected chi connectivity index (χ2v) is 13.4. The number of aryl methyl sites for hydroxylation is 2. The normalized spacial score (nSPS) is 12.1. The molecule has 0 amide bonds. The molecule has 11 rings (SSSR count). The quantitative estimate of drug-likeness (QED) is 0.178. The number of hydrogen-bond acceptors (Lipinski definition) is 4. The summed E-state index contributed by atoms with van der Waals surface area (Å²) in [5.41, 5.74) is 13.9. The number of hydrogen-bond donors (Lipinski definition) is 0. The highest BCUT2D eigenvalue weighted by Crippen LogP contribution is 2.42. The fraction of sp³-hybridized carbons (Fsp3) is 0.0444. The van der Waals surface area contributed by atoms with Crippen LogP contribution in [0.2, 0.25) is 0 Å². The summed E-state index contributed by atoms with van der Waals surface area (Å²) in [6.45, 7) is 4.39. The van der Waals surface area contributed by atoms with Gasteiger partial charge >= 0.3 is 0 Å². The number of rotatable bonds is 3. The Morgan fingerprint density at radius 2 is 1.06 bits per heavy atom. The summed E-state index contributed by atoms with van der Waals surface area (Å²) in [7, 11) is 0. The average Bonchev–Trinajstić information content (AvgIpc) is 3.75. The monoisotopic (exact) mass is 655 g/mol. The van der Waals surface area contributed by atoms with Crippen LogP contribution in [-0.2, 0) is 0 Å². The van der Waals surface area contributed by atoms with Crippen molar-refractivity contribution in [2.45, 2.75) is 13.8 Å². The lowest BCUT2D eigenvalue weighted by atomic mass is 9.91. The number of aromatic nitrogens is 5. The number of benzene rings is 6. The van der Waals surface area contributed by atoms with Gasteiger partial charge < -0.3 is 4.74 Å². The van der Waals surface area contributed by atoms with Crippen molar-refractivity contribution in [1.29, 1.82) is 0 Å². The molecule has 240 valence electrons. The van der Waals surface area contributed by atoms with E-state index < -0.39 is 0 Å². The van der Waals surface area contributed by atoms with Gasteiger partial charge in [0.15, 0.2) is 0 Å². The van der Waals surface area contributed by atoms with E-state index in [1.807, 2.05) is 30.5 Å². The largest absolute Gasteiger partial charge is 0.457 e. The zero-order valence-electron chi connectivity index (χ0n) is 27.9. The van der Waals surface area contributed by atoms with Crippen LogP contribution in [0.4, 0.5) is 0 Å². The van der Waals surface area contributed by atoms with Crippen LogP contribution in [0.15, 0.2) is 140 Å². The van der Waals surface area contributed by atoms with Crippen LogP contribution in [0.5, 0.6) is 11.5 Å². The Morgan fingerprint density at radius 3 is 1.76 bits per heavy atom. The molecule has 0 atom stereocenters. The molecule has 0 bridgehead atoms. The molecule has 5 heterocycles. The lowest BCUT2D eigenvalue weighted by molar-refractivity contribution is 0.484. The van der Waals surface area contributed by atoms with Gasteiger partial charge in [0.25, 0.3) is 0 Å². The van der Waals surface area contributed by atoms with E-state index >= 15 is 0 Å². The van der Waals surface area contributed by atoms with Crippen LogP contribution in [0.3, 0.4) is 0 Å². The topological polar surface area (TPSA) is 56.7 Å². The van der Waals surface area contributed by atoms with Crippen LogP contribution in [0.1, 0.15) is 11.1 Å². The van der Waals surface area contributed by atoms with Gasteiger partial charge in [0, 0.05) is 27.7 Å². The molecule has 0 saturated carbocycles. The van der Waals surface area contributed by atoms with E-state index in [1.54, 1.807) is 0 Å². The van der Waals surface area contributed by atoms with Gasteiger partial charge in [-0.3, -0.25) is 13.8 Å². The summed E-state index contributed by atoms with van der Waals surface area (Å²) in [6, 6.07) is 46.5. The highest BCUT2D eigenvalue weighted by molar-refractivity contribution is 6.19. The Hall–Kier alpha value is -6.79. The zero-order valence-corrected chi connectivity index (χ0v) is 27.9. The first-order chi connectivity index (χ1) is 25.1. The number of ether oxygens (including phenoxy) is 1. The minimum atomic E-state index is 0.729. The van der Waals surface area contributed by atoms with Crippen molar-refractivity contribution in [1.82, 2.24) is 23.8 Å². The molecular formula is C45H29N5O. The Kier molecular flexibility index (Phi) is 5.71. The summed E-state index contributed by atoms with van der Waals surface area (Å²) in [5.74, 6) is 1.47. The van der Waals surface area contributed by atoms with Gasteiger partial charge in [-0.15, -0.1) is 0 Å². The number of nitrogens with zero attached hydrogens (tertiary/aromatic N) is 5. The van der Waals surface area contributed by atoms with Crippen LogP contribution in [0.25, 0.3) is 88.0 Å². The fourth-order valence-corrected chi connectivity index (χ4v) is 8.25. The predicted molar refractivity (Wildman–Crippen MR) is 208 cm³/mol. The highest BCUT2D eigenvalue weighted by Gasteiger charge is 2.20. The van der Waals surface area contributed by atoms with Crippen LogP contribution in [0, 0.1) is 13.8 Å². The molecule has 5 aromatic heterocycles. The van der Waals surface area contributed by atoms with Crippen molar-refractivity contribution in [3.05, 3.63) is 151 Å². The van der Waals surface area contributed by atoms with Gasteiger partial charge in [-0.2, -0.15) is 0 Å². The van der Waals surface area contributed by atoms with Gasteiger partial charge in [0.2, 0.25) is 0 Å². The van der Waals surface area contributed by atoms with Crippen LogP contribution < -0.4 is 4.74 Å². The Morgan fingerprint density at radius 1 is 0.490 bits per heavy atom. The van der Waals surface area contributed by atoms with E-state index in [0.29, 0.717) is 0 Å². The molecule has 0 spiro atoms. The third-order valence-corrected chi connectivity index (χ3v) is 10.4. The third kappa shape index (κ3) is 3.96. The second kappa shape index (κ2) is 10.4. The number of para-hydroxylation sites is 4. The molecule has 0 aliphatic heterocycles. The first-order valence-electron chi connectivity index (χ1n) is 17.2. The summed E-state index contributed by atoms with van der Waals surface area (Å²) >= 11 is 0. The van der Waals surface area contributed by atoms with Crippen molar-refractivity contribution < 1.29 is 4.74 Å². The van der Waals surface area contributed by atoms with Crippen molar-refractivity contribution in [3.63, 3.8) is 0 Å². The predicted octanol–water partition coefficient (Wildman–Crippen LogP) is 11.4. The lowest BCUT2D eigenvalue weighted by Gasteiger charge is -2.17. The van der Waals surface area contributed by atoms with Crippen molar-refractivity contribution in [2.24, 2.45) is 0 Å². The second-order valence-electron chi connectivity index (χ2n) is 13.4. The Bertz CT molecular complexity index is 3240. The molecule has 0 fully saturated rings. The SMILES string of the molecule is Cc1cccc(C)c1-c1cccc2c1c1ccc(Oc3ccc4c(c3)c3nc5ccccc5n3c3cccnc43)cc1c1nc3ccccc3n21. The summed E-state index contributed by atoms with van der Waals surface area (Å²) in [5, 5.41) is 5.40. The molecule has 11 aromatic rings. The summed E-state index contributed by atoms with van der Waals surface area (Å²) < 4.78 is 11.2. The number of imidazole rings is 2. The maximum absolute atomic E-state index is 6.72. The molecule has 6 aromatic carbocycles. The van der Waals surface area contributed by atoms with Gasteiger partial charge in [0.1, 0.15) is 22.8 Å². The molecule has 0 N–H and O–H groups in total. The third-order valence-electron chi connectivity index (χ3n) is 10.4. The Labute approximate surface area is 291 Å². The number of fused-ring (bicyclic) bond motifs is 16. The molecule has 6 nitrogen and oxygen atoms in total. The fourth-order valence-electron chi connectivity index (χ4n) is 8.25. The molecule has 0 aliphatic rings. The minimum absolute atomic E-state index is 0.729. The molecular weight excluding hydrogens is 627 g/mol. The van der Waals surface area contributed by atoms with Crippen molar-refractivity contribution in [3.8, 4) is 22.6 Å². The van der Waals surface area contributed by atoms with E-state index in [9.17, 15) is 0 Å². The number of pyridine rings is 3. The van der Waals surface area contributed by atoms with Gasteiger partial charge in [-0.25, -0.2) is 9.97 Å². The first kappa shape index (κ1) is 28.1. The molecule has 51 heavy (non-hydrogen) atoms. The van der Waals surface area contributed by atoms with E-state index in [4.69, 9.17) is 19.7 Å². The maximum atomic E-state index is 6.72. The van der Waals surface area contributed by atoms with Crippen molar-refractivity contribution in [2.75, 3.05) is 0 Å². The zero-order chi connectivity index (χ0) is 33.8. The molecule has 0 radical (unpaired) electrons. The van der Waals surface area contributed by atoms with E-state index in [0.717, 1.165) is 83.0 Å².